The highest BCUT2D eigenvalue weighted by Crippen LogP contribution is 2.28. The number of imide groups is 2. The van der Waals surface area contributed by atoms with E-state index in [0.717, 1.165) is 67.6 Å². The molecule has 3 fully saturated rings. The van der Waals surface area contributed by atoms with Gasteiger partial charge in [-0.15, -0.1) is 0 Å². The summed E-state index contributed by atoms with van der Waals surface area (Å²) in [7, 11) is 1.73. The predicted molar refractivity (Wildman–Crippen MR) is 95.0 cm³/mol. The van der Waals surface area contributed by atoms with E-state index in [4.69, 9.17) is 0 Å². The van der Waals surface area contributed by atoms with Crippen LogP contribution in [0.25, 0.3) is 0 Å². The first-order valence-corrected chi connectivity index (χ1v) is 9.84. The fraction of sp³-hybridized carbons (Fsp3) is 0.789. The molecule has 5 amide bonds. The van der Waals surface area contributed by atoms with Crippen molar-refractivity contribution in [2.75, 3.05) is 13.6 Å². The molecule has 3 rings (SSSR count). The van der Waals surface area contributed by atoms with Gasteiger partial charge in [-0.3, -0.25) is 19.3 Å². The number of carbonyl (C=O) groups excluding carboxylic acids is 4. The summed E-state index contributed by atoms with van der Waals surface area (Å²) in [5.74, 6) is -1.23. The van der Waals surface area contributed by atoms with E-state index in [-0.39, 0.29) is 24.5 Å². The minimum atomic E-state index is -0.861. The molecule has 0 spiro atoms. The summed E-state index contributed by atoms with van der Waals surface area (Å²) < 4.78 is 0. The van der Waals surface area contributed by atoms with Crippen molar-refractivity contribution >= 4 is 23.8 Å². The Morgan fingerprint density at radius 3 is 2.19 bits per heavy atom. The first-order chi connectivity index (χ1) is 12.4. The fourth-order valence-electron chi connectivity index (χ4n) is 4.40. The van der Waals surface area contributed by atoms with Gasteiger partial charge in [-0.1, -0.05) is 26.2 Å². The summed E-state index contributed by atoms with van der Waals surface area (Å²) in [6.07, 6.45) is 8.54. The summed E-state index contributed by atoms with van der Waals surface area (Å²) in [5.41, 5.74) is 0. The summed E-state index contributed by atoms with van der Waals surface area (Å²) in [4.78, 5) is 53.4. The van der Waals surface area contributed by atoms with Crippen LogP contribution in [0.4, 0.5) is 4.79 Å². The van der Waals surface area contributed by atoms with Gasteiger partial charge in [0, 0.05) is 19.1 Å². The Balaban J connectivity index is 1.63. The van der Waals surface area contributed by atoms with Crippen LogP contribution in [-0.2, 0) is 14.4 Å². The Bertz CT molecular complexity index is 592. The first-order valence-electron chi connectivity index (χ1n) is 9.84. The van der Waals surface area contributed by atoms with Gasteiger partial charge in [-0.25, -0.2) is 9.69 Å². The lowest BCUT2D eigenvalue weighted by atomic mass is 9.87. The van der Waals surface area contributed by atoms with Crippen molar-refractivity contribution in [2.24, 2.45) is 5.92 Å². The van der Waals surface area contributed by atoms with Crippen molar-refractivity contribution in [1.29, 1.82) is 0 Å². The van der Waals surface area contributed by atoms with Gasteiger partial charge in [0.15, 0.2) is 0 Å². The second-order valence-corrected chi connectivity index (χ2v) is 8.06. The number of amides is 5. The monoisotopic (exact) mass is 363 g/mol. The molecule has 0 atom stereocenters. The van der Waals surface area contributed by atoms with Gasteiger partial charge in [-0.2, -0.15) is 0 Å². The van der Waals surface area contributed by atoms with E-state index < -0.39 is 17.8 Å². The van der Waals surface area contributed by atoms with E-state index >= 15 is 0 Å². The van der Waals surface area contributed by atoms with Gasteiger partial charge in [0.1, 0.15) is 6.54 Å². The third kappa shape index (κ3) is 3.62. The third-order valence-electron chi connectivity index (χ3n) is 6.24. The van der Waals surface area contributed by atoms with Crippen LogP contribution >= 0.6 is 0 Å². The molecule has 1 saturated heterocycles. The number of urea groups is 1. The van der Waals surface area contributed by atoms with Gasteiger partial charge in [0.05, 0.1) is 0 Å². The van der Waals surface area contributed by atoms with Crippen LogP contribution in [0.3, 0.4) is 0 Å². The fourth-order valence-corrected chi connectivity index (χ4v) is 4.40. The summed E-state index contributed by atoms with van der Waals surface area (Å²) in [6, 6.07) is -0.673. The van der Waals surface area contributed by atoms with Crippen LogP contribution in [0.15, 0.2) is 0 Å². The summed E-state index contributed by atoms with van der Waals surface area (Å²) in [6.45, 7) is 1.88. The van der Waals surface area contributed by atoms with Gasteiger partial charge >= 0.3 is 17.8 Å². The molecule has 0 radical (unpaired) electrons. The van der Waals surface area contributed by atoms with Crippen LogP contribution in [-0.4, -0.2) is 64.1 Å². The molecule has 0 N–H and O–H groups in total. The van der Waals surface area contributed by atoms with Crippen molar-refractivity contribution < 1.29 is 19.2 Å². The molecule has 0 bridgehead atoms. The second kappa shape index (κ2) is 7.76. The van der Waals surface area contributed by atoms with Crippen molar-refractivity contribution in [3.8, 4) is 0 Å². The largest absolute Gasteiger partial charge is 0.341 e. The molecular weight excluding hydrogens is 334 g/mol. The minimum Gasteiger partial charge on any atom is -0.341 e. The Morgan fingerprint density at radius 1 is 0.962 bits per heavy atom. The van der Waals surface area contributed by atoms with E-state index in [1.165, 1.54) is 0 Å². The van der Waals surface area contributed by atoms with Gasteiger partial charge < -0.3 is 4.90 Å². The van der Waals surface area contributed by atoms with E-state index in [2.05, 4.69) is 6.92 Å². The lowest BCUT2D eigenvalue weighted by Gasteiger charge is -2.34. The van der Waals surface area contributed by atoms with Crippen LogP contribution in [0, 0.1) is 5.92 Å². The van der Waals surface area contributed by atoms with Gasteiger partial charge in [-0.05, 0) is 44.4 Å². The molecule has 7 heteroatoms. The number of hydrogen-bond donors (Lipinski definition) is 0. The van der Waals surface area contributed by atoms with E-state index in [0.29, 0.717) is 5.92 Å². The zero-order valence-electron chi connectivity index (χ0n) is 15.8. The SMILES string of the molecule is CC1CCC(N(C)C(=O)CN2C(=O)C(=O)N(C3CCCCC3)C2=O)CC1. The maximum absolute atomic E-state index is 12.6. The zero-order chi connectivity index (χ0) is 18.8. The lowest BCUT2D eigenvalue weighted by molar-refractivity contribution is -0.145. The summed E-state index contributed by atoms with van der Waals surface area (Å²) in [5, 5.41) is 0. The van der Waals surface area contributed by atoms with Crippen LogP contribution < -0.4 is 0 Å². The van der Waals surface area contributed by atoms with Crippen LogP contribution in [0.1, 0.15) is 64.7 Å². The second-order valence-electron chi connectivity index (χ2n) is 8.06. The molecule has 0 aromatic heterocycles. The zero-order valence-corrected chi connectivity index (χ0v) is 15.8. The summed E-state index contributed by atoms with van der Waals surface area (Å²) >= 11 is 0. The predicted octanol–water partition coefficient (Wildman–Crippen LogP) is 2.15. The maximum atomic E-state index is 12.6. The average Bonchev–Trinajstić information content (AvgIpc) is 2.86. The number of rotatable bonds is 4. The Hall–Kier alpha value is -1.92. The maximum Gasteiger partial charge on any atom is 0.334 e. The first kappa shape index (κ1) is 18.9. The Morgan fingerprint density at radius 2 is 1.58 bits per heavy atom. The van der Waals surface area contributed by atoms with Gasteiger partial charge in [0.25, 0.3) is 0 Å². The molecule has 2 saturated carbocycles. The van der Waals surface area contributed by atoms with Crippen molar-refractivity contribution in [2.45, 2.75) is 76.8 Å². The van der Waals surface area contributed by atoms with E-state index in [1.807, 2.05) is 0 Å². The quantitative estimate of drug-likeness (QED) is 0.566. The highest BCUT2D eigenvalue weighted by Gasteiger charge is 2.48. The standard InChI is InChI=1S/C19H29N3O4/c1-13-8-10-14(11-9-13)20(2)16(23)12-21-17(24)18(25)22(19(21)26)15-6-4-3-5-7-15/h13-15H,3-12H2,1-2H3. The third-order valence-corrected chi connectivity index (χ3v) is 6.24. The molecule has 7 nitrogen and oxygen atoms in total. The number of likely N-dealkylation sites (N-methyl/N-ethyl adjacent to an activating group) is 1. The smallest absolute Gasteiger partial charge is 0.334 e. The highest BCUT2D eigenvalue weighted by molar-refractivity contribution is 6.45. The molecule has 3 aliphatic rings. The van der Waals surface area contributed by atoms with Crippen molar-refractivity contribution in [1.82, 2.24) is 14.7 Å². The number of nitrogens with zero attached hydrogens (tertiary/aromatic N) is 3. The molecule has 0 aromatic rings. The molecule has 144 valence electrons. The molecule has 0 aromatic carbocycles. The molecular formula is C19H29N3O4. The lowest BCUT2D eigenvalue weighted by Crippen LogP contribution is -2.47. The normalized spacial score (nSPS) is 28.0. The molecule has 2 aliphatic carbocycles. The number of hydrogen-bond acceptors (Lipinski definition) is 4. The molecule has 0 unspecified atom stereocenters. The molecule has 1 heterocycles. The van der Waals surface area contributed by atoms with E-state index in [9.17, 15) is 19.2 Å². The van der Waals surface area contributed by atoms with E-state index in [1.54, 1.807) is 11.9 Å². The van der Waals surface area contributed by atoms with Crippen LogP contribution in [0.5, 0.6) is 0 Å². The van der Waals surface area contributed by atoms with Crippen LogP contribution in [0.2, 0.25) is 0 Å². The van der Waals surface area contributed by atoms with Crippen molar-refractivity contribution in [3.05, 3.63) is 0 Å². The topological polar surface area (TPSA) is 78.0 Å². The average molecular weight is 363 g/mol. The van der Waals surface area contributed by atoms with Crippen molar-refractivity contribution in [3.63, 3.8) is 0 Å². The number of carbonyl (C=O) groups is 4. The Labute approximate surface area is 154 Å². The molecule has 26 heavy (non-hydrogen) atoms. The molecule has 1 aliphatic heterocycles. The highest BCUT2D eigenvalue weighted by atomic mass is 16.2. The van der Waals surface area contributed by atoms with Gasteiger partial charge in [0.2, 0.25) is 5.91 Å². The minimum absolute atomic E-state index is 0.150. The Kier molecular flexibility index (Phi) is 5.63.